The van der Waals surface area contributed by atoms with Gasteiger partial charge in [0, 0.05) is 58.3 Å². The Morgan fingerprint density at radius 2 is 1.97 bits per heavy atom. The van der Waals surface area contributed by atoms with Crippen molar-refractivity contribution in [2.75, 3.05) is 6.54 Å². The first-order chi connectivity index (χ1) is 15.8. The quantitative estimate of drug-likeness (QED) is 0.505. The molecular formula is C25H20N6S. The minimum atomic E-state index is 0.676. The van der Waals surface area contributed by atoms with Crippen molar-refractivity contribution < 1.29 is 0 Å². The van der Waals surface area contributed by atoms with Crippen molar-refractivity contribution in [2.45, 2.75) is 12.8 Å². The molecule has 0 spiro atoms. The number of pyridine rings is 1. The lowest BCUT2D eigenvalue weighted by Gasteiger charge is -2.16. The molecule has 0 aromatic carbocycles. The Hall–Kier alpha value is -3.84. The lowest BCUT2D eigenvalue weighted by molar-refractivity contribution is 0.923. The van der Waals surface area contributed by atoms with E-state index in [1.54, 1.807) is 23.7 Å². The molecule has 1 aliphatic carbocycles. The van der Waals surface area contributed by atoms with Gasteiger partial charge in [-0.25, -0.2) is 15.0 Å². The Kier molecular flexibility index (Phi) is 4.54. The van der Waals surface area contributed by atoms with Crippen LogP contribution in [0.4, 0.5) is 0 Å². The van der Waals surface area contributed by atoms with Crippen molar-refractivity contribution in [3.8, 4) is 11.3 Å². The highest BCUT2D eigenvalue weighted by atomic mass is 32.1. The van der Waals surface area contributed by atoms with Crippen LogP contribution in [-0.4, -0.2) is 32.2 Å². The summed E-state index contributed by atoms with van der Waals surface area (Å²) in [6.45, 7) is 0.747. The zero-order valence-corrected chi connectivity index (χ0v) is 18.1. The maximum absolute atomic E-state index is 6.26. The third-order valence-electron chi connectivity index (χ3n) is 5.79. The van der Waals surface area contributed by atoms with Gasteiger partial charge in [0.1, 0.15) is 12.0 Å². The predicted molar refractivity (Wildman–Crippen MR) is 128 cm³/mol. The zero-order valence-electron chi connectivity index (χ0n) is 17.2. The average Bonchev–Trinajstić information content (AvgIpc) is 3.48. The number of H-pyrrole nitrogens is 1. The summed E-state index contributed by atoms with van der Waals surface area (Å²) in [6, 6.07) is 10.6. The monoisotopic (exact) mass is 436 g/mol. The number of hydrogen-bond acceptors (Lipinski definition) is 6. The maximum atomic E-state index is 6.26. The van der Waals surface area contributed by atoms with E-state index in [1.807, 2.05) is 12.1 Å². The number of aromatic amines is 1. The second kappa shape index (κ2) is 7.69. The first kappa shape index (κ1) is 18.9. The molecule has 0 saturated carbocycles. The third kappa shape index (κ3) is 3.27. The molecule has 1 aliphatic heterocycles. The molecule has 7 heteroatoms. The van der Waals surface area contributed by atoms with Crippen LogP contribution in [0, 0.1) is 0 Å². The highest BCUT2D eigenvalue weighted by molar-refractivity contribution is 7.11. The van der Waals surface area contributed by atoms with Gasteiger partial charge in [0.15, 0.2) is 0 Å². The summed E-state index contributed by atoms with van der Waals surface area (Å²) in [5.41, 5.74) is 16.3. The summed E-state index contributed by atoms with van der Waals surface area (Å²) in [5.74, 6) is 0. The number of aromatic nitrogens is 4. The predicted octanol–water partition coefficient (Wildman–Crippen LogP) is 4.15. The highest BCUT2D eigenvalue weighted by Gasteiger charge is 2.24. The van der Waals surface area contributed by atoms with Crippen molar-refractivity contribution in [1.82, 2.24) is 19.9 Å². The molecule has 156 valence electrons. The molecule has 32 heavy (non-hydrogen) atoms. The van der Waals surface area contributed by atoms with Crippen LogP contribution in [0.15, 0.2) is 77.3 Å². The molecule has 4 aromatic rings. The van der Waals surface area contributed by atoms with Crippen LogP contribution < -0.4 is 5.73 Å². The normalized spacial score (nSPS) is 15.2. The van der Waals surface area contributed by atoms with Gasteiger partial charge in [0.05, 0.1) is 17.1 Å². The molecule has 0 unspecified atom stereocenters. The van der Waals surface area contributed by atoms with Gasteiger partial charge in [-0.05, 0) is 41.6 Å². The van der Waals surface area contributed by atoms with Crippen molar-refractivity contribution in [3.05, 3.63) is 105 Å². The number of hydrogen-bond donors (Lipinski definition) is 2. The van der Waals surface area contributed by atoms with Crippen LogP contribution in [0.3, 0.4) is 0 Å². The van der Waals surface area contributed by atoms with E-state index in [1.165, 1.54) is 27.9 Å². The molecule has 0 saturated heterocycles. The first-order valence-electron chi connectivity index (χ1n) is 10.5. The van der Waals surface area contributed by atoms with Crippen LogP contribution in [0.5, 0.6) is 0 Å². The maximum Gasteiger partial charge on any atom is 0.115 e. The van der Waals surface area contributed by atoms with Gasteiger partial charge in [-0.2, -0.15) is 0 Å². The number of fused-ring (bicyclic) bond motifs is 2. The van der Waals surface area contributed by atoms with E-state index in [4.69, 9.17) is 15.7 Å². The Bertz CT molecular complexity index is 1390. The highest BCUT2D eigenvalue weighted by Crippen LogP contribution is 2.34. The number of nitrogens with one attached hydrogen (secondary N) is 1. The van der Waals surface area contributed by atoms with E-state index in [-0.39, 0.29) is 0 Å². The molecule has 6 nitrogen and oxygen atoms in total. The molecular weight excluding hydrogens is 416 g/mol. The fourth-order valence-corrected chi connectivity index (χ4v) is 5.02. The first-order valence-corrected chi connectivity index (χ1v) is 11.4. The molecule has 0 atom stereocenters. The minimum Gasteiger partial charge on any atom is -0.402 e. The van der Waals surface area contributed by atoms with Gasteiger partial charge < -0.3 is 10.7 Å². The van der Waals surface area contributed by atoms with Gasteiger partial charge in [-0.1, -0.05) is 18.2 Å². The number of thiophene rings is 1. The van der Waals surface area contributed by atoms with E-state index in [2.05, 4.69) is 50.7 Å². The molecule has 0 fully saturated rings. The Balaban J connectivity index is 1.46. The average molecular weight is 437 g/mol. The number of rotatable bonds is 3. The van der Waals surface area contributed by atoms with E-state index >= 15 is 0 Å². The van der Waals surface area contributed by atoms with Gasteiger partial charge in [-0.3, -0.25) is 4.99 Å². The van der Waals surface area contributed by atoms with Crippen LogP contribution in [0.25, 0.3) is 16.8 Å². The summed E-state index contributed by atoms with van der Waals surface area (Å²) in [6.07, 6.45) is 10.8. The second-order valence-corrected chi connectivity index (χ2v) is 8.81. The van der Waals surface area contributed by atoms with Crippen LogP contribution in [0.1, 0.15) is 33.1 Å². The van der Waals surface area contributed by atoms with E-state index in [0.29, 0.717) is 6.42 Å². The standard InChI is InChI=1S/C25H20N6S/c26-17-4-5-18(23-2-1-9-32-23)19-11-22(30-21(19)10-17)25-24-15(7-8-29-25)3-6-20(31-24)16-12-27-14-28-13-16/h1-6,9,11-14,30H,7-8,10,26H2. The molecule has 6 rings (SSSR count). The van der Waals surface area contributed by atoms with Crippen molar-refractivity contribution in [3.63, 3.8) is 0 Å². The summed E-state index contributed by atoms with van der Waals surface area (Å²) in [5, 5.41) is 2.10. The molecule has 2 aliphatic rings. The van der Waals surface area contributed by atoms with Gasteiger partial charge in [-0.15, -0.1) is 11.3 Å². The Labute approximate surface area is 189 Å². The topological polar surface area (TPSA) is 92.8 Å². The molecule has 4 aromatic heterocycles. The molecule has 3 N–H and O–H groups in total. The van der Waals surface area contributed by atoms with Crippen molar-refractivity contribution >= 4 is 22.6 Å². The minimum absolute atomic E-state index is 0.676. The van der Waals surface area contributed by atoms with E-state index in [9.17, 15) is 0 Å². The molecule has 0 bridgehead atoms. The number of aliphatic imine (C=N–C) groups is 1. The smallest absolute Gasteiger partial charge is 0.115 e. The second-order valence-electron chi connectivity index (χ2n) is 7.86. The largest absolute Gasteiger partial charge is 0.402 e. The van der Waals surface area contributed by atoms with E-state index in [0.717, 1.165) is 52.7 Å². The lowest BCUT2D eigenvalue weighted by Crippen LogP contribution is -2.17. The van der Waals surface area contributed by atoms with Crippen LogP contribution in [0.2, 0.25) is 0 Å². The van der Waals surface area contributed by atoms with Crippen LogP contribution in [-0.2, 0) is 12.8 Å². The third-order valence-corrected chi connectivity index (χ3v) is 6.69. The summed E-state index contributed by atoms with van der Waals surface area (Å²) in [4.78, 5) is 22.9. The molecule has 0 amide bonds. The number of allylic oxidation sites excluding steroid dienone is 3. The summed E-state index contributed by atoms with van der Waals surface area (Å²) < 4.78 is 0. The van der Waals surface area contributed by atoms with Gasteiger partial charge in [0.2, 0.25) is 0 Å². The number of nitrogens with zero attached hydrogens (tertiary/aromatic N) is 4. The fraction of sp³-hybridized carbons (Fsp3) is 0.120. The lowest BCUT2D eigenvalue weighted by atomic mass is 9.99. The van der Waals surface area contributed by atoms with Crippen LogP contribution >= 0.6 is 11.3 Å². The van der Waals surface area contributed by atoms with Crippen molar-refractivity contribution in [1.29, 1.82) is 0 Å². The molecule has 0 radical (unpaired) electrons. The summed E-state index contributed by atoms with van der Waals surface area (Å²) in [7, 11) is 0. The van der Waals surface area contributed by atoms with Crippen molar-refractivity contribution in [2.24, 2.45) is 10.7 Å². The Morgan fingerprint density at radius 3 is 2.81 bits per heavy atom. The zero-order chi connectivity index (χ0) is 21.5. The SMILES string of the molecule is NC1=CC=C(c2cccs2)c2cc(C3=NCCc4ccc(-c5cncnc5)nc43)[nH]c2C1. The number of nitrogens with two attached hydrogens (primary N) is 1. The fourth-order valence-electron chi connectivity index (χ4n) is 4.26. The van der Waals surface area contributed by atoms with Gasteiger partial charge >= 0.3 is 0 Å². The molecule has 5 heterocycles. The Morgan fingerprint density at radius 1 is 1.06 bits per heavy atom. The van der Waals surface area contributed by atoms with Gasteiger partial charge in [0.25, 0.3) is 0 Å². The van der Waals surface area contributed by atoms with E-state index < -0.39 is 0 Å². The summed E-state index contributed by atoms with van der Waals surface area (Å²) >= 11 is 1.73.